The van der Waals surface area contributed by atoms with E-state index < -0.39 is 10.0 Å². The van der Waals surface area contributed by atoms with E-state index in [1.54, 1.807) is 56.3 Å². The maximum absolute atomic E-state index is 12.6. The normalized spacial score (nSPS) is 14.7. The highest BCUT2D eigenvalue weighted by molar-refractivity contribution is 7.92. The standard InChI is InChI=1S/C19H19ClN2O3S/c1-12-5-3-4-6-19(12)26(24,25)22-14-7-8-15(20)17(11-14)21-16-9-10-18(23)13(16)2/h3-8,11,21-22H,9-10H2,1-2H3. The van der Waals surface area contributed by atoms with Crippen LogP contribution in [-0.4, -0.2) is 14.2 Å². The summed E-state index contributed by atoms with van der Waals surface area (Å²) in [5.41, 5.74) is 3.11. The van der Waals surface area contributed by atoms with E-state index in [1.807, 2.05) is 0 Å². The molecule has 26 heavy (non-hydrogen) atoms. The Bertz CT molecular complexity index is 1010. The minimum absolute atomic E-state index is 0.111. The number of ketones is 1. The van der Waals surface area contributed by atoms with Gasteiger partial charge in [-0.25, -0.2) is 8.42 Å². The first-order valence-corrected chi connectivity index (χ1v) is 10.0. The Morgan fingerprint density at radius 2 is 1.77 bits per heavy atom. The van der Waals surface area contributed by atoms with Crippen molar-refractivity contribution in [2.45, 2.75) is 31.6 Å². The molecule has 0 bridgehead atoms. The first-order chi connectivity index (χ1) is 12.3. The molecule has 1 aliphatic rings. The number of halogens is 1. The number of allylic oxidation sites excluding steroid dienone is 2. The van der Waals surface area contributed by atoms with Gasteiger partial charge in [0.15, 0.2) is 5.78 Å². The summed E-state index contributed by atoms with van der Waals surface area (Å²) in [6, 6.07) is 11.6. The Labute approximate surface area is 158 Å². The fourth-order valence-corrected chi connectivity index (χ4v) is 4.31. The number of Topliss-reactive ketones (excluding diaryl/α,β-unsaturated/α-hetero) is 1. The van der Waals surface area contributed by atoms with Gasteiger partial charge in [-0.1, -0.05) is 29.8 Å². The molecule has 0 spiro atoms. The molecule has 0 radical (unpaired) electrons. The van der Waals surface area contributed by atoms with E-state index in [0.717, 1.165) is 5.70 Å². The van der Waals surface area contributed by atoms with E-state index in [4.69, 9.17) is 11.6 Å². The van der Waals surface area contributed by atoms with Crippen molar-refractivity contribution >= 4 is 38.8 Å². The molecule has 0 aromatic heterocycles. The second kappa shape index (κ2) is 7.13. The summed E-state index contributed by atoms with van der Waals surface area (Å²) in [6.45, 7) is 3.52. The zero-order valence-corrected chi connectivity index (χ0v) is 16.0. The molecule has 0 atom stereocenters. The van der Waals surface area contributed by atoms with Gasteiger partial charge in [0.25, 0.3) is 10.0 Å². The second-order valence-corrected chi connectivity index (χ2v) is 8.28. The van der Waals surface area contributed by atoms with Crippen molar-refractivity contribution in [1.82, 2.24) is 0 Å². The van der Waals surface area contributed by atoms with Crippen LogP contribution in [-0.2, 0) is 14.8 Å². The van der Waals surface area contributed by atoms with Crippen molar-refractivity contribution < 1.29 is 13.2 Å². The smallest absolute Gasteiger partial charge is 0.262 e. The van der Waals surface area contributed by atoms with E-state index in [-0.39, 0.29) is 10.7 Å². The molecule has 7 heteroatoms. The average molecular weight is 391 g/mol. The van der Waals surface area contributed by atoms with Gasteiger partial charge in [-0.3, -0.25) is 9.52 Å². The molecule has 0 fully saturated rings. The largest absolute Gasteiger partial charge is 0.357 e. The number of nitrogens with one attached hydrogen (secondary N) is 2. The molecule has 0 heterocycles. The maximum Gasteiger partial charge on any atom is 0.262 e. The molecular formula is C19H19ClN2O3S. The predicted molar refractivity (Wildman–Crippen MR) is 104 cm³/mol. The van der Waals surface area contributed by atoms with Gasteiger partial charge >= 0.3 is 0 Å². The molecule has 0 unspecified atom stereocenters. The van der Waals surface area contributed by atoms with Crippen LogP contribution in [0.25, 0.3) is 0 Å². The number of anilines is 2. The minimum atomic E-state index is -3.71. The molecule has 3 rings (SSSR count). The van der Waals surface area contributed by atoms with Crippen LogP contribution in [0.15, 0.2) is 58.6 Å². The lowest BCUT2D eigenvalue weighted by Gasteiger charge is -2.14. The predicted octanol–water partition coefficient (Wildman–Crippen LogP) is 4.50. The summed E-state index contributed by atoms with van der Waals surface area (Å²) in [5.74, 6) is 0.111. The number of hydrogen-bond donors (Lipinski definition) is 2. The Hall–Kier alpha value is -2.31. The summed E-state index contributed by atoms with van der Waals surface area (Å²) >= 11 is 6.22. The summed E-state index contributed by atoms with van der Waals surface area (Å²) in [6.07, 6.45) is 1.10. The monoisotopic (exact) mass is 390 g/mol. The van der Waals surface area contributed by atoms with Crippen molar-refractivity contribution in [2.75, 3.05) is 10.0 Å². The van der Waals surface area contributed by atoms with Crippen LogP contribution in [0.3, 0.4) is 0 Å². The van der Waals surface area contributed by atoms with Crippen molar-refractivity contribution in [3.63, 3.8) is 0 Å². The van der Waals surface area contributed by atoms with Crippen molar-refractivity contribution in [2.24, 2.45) is 0 Å². The number of carbonyl (C=O) groups is 1. The molecule has 5 nitrogen and oxygen atoms in total. The topological polar surface area (TPSA) is 75.3 Å². The second-order valence-electron chi connectivity index (χ2n) is 6.22. The summed E-state index contributed by atoms with van der Waals surface area (Å²) in [7, 11) is -3.71. The molecular weight excluding hydrogens is 372 g/mol. The van der Waals surface area contributed by atoms with E-state index in [1.165, 1.54) is 0 Å². The van der Waals surface area contributed by atoms with Gasteiger partial charge in [0.1, 0.15) is 0 Å². The third kappa shape index (κ3) is 3.76. The highest BCUT2D eigenvalue weighted by Crippen LogP contribution is 2.31. The van der Waals surface area contributed by atoms with Gasteiger partial charge in [-0.2, -0.15) is 0 Å². The number of sulfonamides is 1. The Morgan fingerprint density at radius 3 is 2.42 bits per heavy atom. The van der Waals surface area contributed by atoms with Gasteiger partial charge < -0.3 is 5.32 Å². The number of carbonyl (C=O) groups excluding carboxylic acids is 1. The highest BCUT2D eigenvalue weighted by Gasteiger charge is 2.21. The lowest BCUT2D eigenvalue weighted by Crippen LogP contribution is -2.14. The van der Waals surface area contributed by atoms with Crippen LogP contribution in [0.5, 0.6) is 0 Å². The van der Waals surface area contributed by atoms with Crippen LogP contribution in [0.4, 0.5) is 11.4 Å². The fourth-order valence-electron chi connectivity index (χ4n) is 2.85. The number of rotatable bonds is 5. The first kappa shape index (κ1) is 18.5. The Balaban J connectivity index is 1.88. The van der Waals surface area contributed by atoms with E-state index in [9.17, 15) is 13.2 Å². The van der Waals surface area contributed by atoms with Crippen LogP contribution in [0.1, 0.15) is 25.3 Å². The number of hydrogen-bond acceptors (Lipinski definition) is 4. The van der Waals surface area contributed by atoms with Gasteiger partial charge in [0.2, 0.25) is 0 Å². The lowest BCUT2D eigenvalue weighted by molar-refractivity contribution is -0.114. The van der Waals surface area contributed by atoms with Crippen LogP contribution in [0.2, 0.25) is 5.02 Å². The SMILES string of the molecule is CC1=C(Nc2cc(NS(=O)(=O)c3ccccc3C)ccc2Cl)CCC1=O. The minimum Gasteiger partial charge on any atom is -0.357 e. The van der Waals surface area contributed by atoms with Crippen molar-refractivity contribution in [3.8, 4) is 0 Å². The van der Waals surface area contributed by atoms with Gasteiger partial charge in [-0.05, 0) is 50.1 Å². The zero-order chi connectivity index (χ0) is 18.9. The van der Waals surface area contributed by atoms with Crippen LogP contribution >= 0.6 is 11.6 Å². The third-order valence-corrected chi connectivity index (χ3v) is 6.23. The Kier molecular flexibility index (Phi) is 5.07. The molecule has 0 saturated carbocycles. The Morgan fingerprint density at radius 1 is 1.04 bits per heavy atom. The zero-order valence-electron chi connectivity index (χ0n) is 14.5. The number of benzene rings is 2. The van der Waals surface area contributed by atoms with E-state index in [0.29, 0.717) is 40.4 Å². The molecule has 136 valence electrons. The quantitative estimate of drug-likeness (QED) is 0.788. The molecule has 2 aromatic rings. The summed E-state index contributed by atoms with van der Waals surface area (Å²) in [5, 5.41) is 3.61. The third-order valence-electron chi connectivity index (χ3n) is 4.36. The molecule has 0 saturated heterocycles. The summed E-state index contributed by atoms with van der Waals surface area (Å²) < 4.78 is 27.9. The number of aryl methyl sites for hydroxylation is 1. The van der Waals surface area contributed by atoms with Gasteiger partial charge in [0.05, 0.1) is 21.3 Å². The van der Waals surface area contributed by atoms with Gasteiger partial charge in [-0.15, -0.1) is 0 Å². The van der Waals surface area contributed by atoms with Crippen LogP contribution < -0.4 is 10.0 Å². The van der Waals surface area contributed by atoms with Crippen LogP contribution in [0, 0.1) is 6.92 Å². The molecule has 0 aliphatic heterocycles. The average Bonchev–Trinajstić information content (AvgIpc) is 2.90. The molecule has 1 aliphatic carbocycles. The fraction of sp³-hybridized carbons (Fsp3) is 0.211. The van der Waals surface area contributed by atoms with Crippen molar-refractivity contribution in [3.05, 3.63) is 64.3 Å². The lowest BCUT2D eigenvalue weighted by atomic mass is 10.2. The van der Waals surface area contributed by atoms with Crippen molar-refractivity contribution in [1.29, 1.82) is 0 Å². The first-order valence-electron chi connectivity index (χ1n) is 8.16. The maximum atomic E-state index is 12.6. The molecule has 2 N–H and O–H groups in total. The highest BCUT2D eigenvalue weighted by atomic mass is 35.5. The van der Waals surface area contributed by atoms with E-state index >= 15 is 0 Å². The molecule has 2 aromatic carbocycles. The van der Waals surface area contributed by atoms with Gasteiger partial charge in [0, 0.05) is 17.7 Å². The van der Waals surface area contributed by atoms with E-state index in [2.05, 4.69) is 10.0 Å². The molecule has 0 amide bonds. The summed E-state index contributed by atoms with van der Waals surface area (Å²) in [4.78, 5) is 11.9.